The third kappa shape index (κ3) is 5.57. The van der Waals surface area contributed by atoms with Crippen molar-refractivity contribution in [1.29, 1.82) is 0 Å². The molecule has 0 N–H and O–H groups in total. The average Bonchev–Trinajstić information content (AvgIpc) is 3.80. The van der Waals surface area contributed by atoms with Crippen LogP contribution in [0, 0.1) is 0 Å². The van der Waals surface area contributed by atoms with E-state index in [1.807, 2.05) is 0 Å². The largest absolute Gasteiger partial charge is 0.310 e. The zero-order valence-electron chi connectivity index (χ0n) is 34.9. The van der Waals surface area contributed by atoms with Crippen LogP contribution in [0.3, 0.4) is 0 Å². The smallest absolute Gasteiger partial charge is 0.0541 e. The summed E-state index contributed by atoms with van der Waals surface area (Å²) in [7, 11) is 0. The molecule has 12 rings (SSSR count). The molecule has 10 aromatic carbocycles. The highest BCUT2D eigenvalue weighted by Crippen LogP contribution is 2.53. The molecule has 0 amide bonds. The molecule has 0 bridgehead atoms. The second kappa shape index (κ2) is 14.2. The van der Waals surface area contributed by atoms with Gasteiger partial charge in [0.15, 0.2) is 0 Å². The third-order valence-corrected chi connectivity index (χ3v) is 13.7. The number of hydrogen-bond donors (Lipinski definition) is 0. The van der Waals surface area contributed by atoms with Gasteiger partial charge in [0.25, 0.3) is 0 Å². The van der Waals surface area contributed by atoms with Crippen molar-refractivity contribution in [2.24, 2.45) is 0 Å². The molecule has 294 valence electrons. The van der Waals surface area contributed by atoms with Crippen LogP contribution in [0.25, 0.3) is 82.4 Å². The first kappa shape index (κ1) is 36.2. The van der Waals surface area contributed by atoms with Crippen molar-refractivity contribution < 1.29 is 0 Å². The van der Waals surface area contributed by atoms with Crippen LogP contribution in [-0.2, 0) is 5.41 Å². The molecule has 0 saturated carbocycles. The van der Waals surface area contributed by atoms with Crippen molar-refractivity contribution in [2.75, 3.05) is 4.90 Å². The number of aromatic nitrogens is 1. The quantitative estimate of drug-likeness (QED) is 0.156. The van der Waals surface area contributed by atoms with E-state index in [9.17, 15) is 0 Å². The predicted molar refractivity (Wildman–Crippen MR) is 264 cm³/mol. The van der Waals surface area contributed by atoms with E-state index in [4.69, 9.17) is 0 Å². The molecular formula is C60H44N2. The molecule has 62 heavy (non-hydrogen) atoms. The second-order valence-corrected chi connectivity index (χ2v) is 17.0. The summed E-state index contributed by atoms with van der Waals surface area (Å²) in [6.07, 6.45) is 0.972. The van der Waals surface area contributed by atoms with Crippen molar-refractivity contribution in [1.82, 2.24) is 4.57 Å². The molecule has 11 aromatic rings. The van der Waals surface area contributed by atoms with E-state index in [0.717, 1.165) is 23.5 Å². The number of nitrogens with zero attached hydrogens (tertiary/aromatic N) is 2. The normalized spacial score (nSPS) is 14.4. The van der Waals surface area contributed by atoms with E-state index in [-0.39, 0.29) is 5.41 Å². The summed E-state index contributed by atoms with van der Waals surface area (Å²) < 4.78 is 2.45. The lowest BCUT2D eigenvalue weighted by Gasteiger charge is -2.30. The zero-order chi connectivity index (χ0) is 41.4. The van der Waals surface area contributed by atoms with E-state index in [1.165, 1.54) is 93.5 Å². The monoisotopic (exact) mass is 792 g/mol. The van der Waals surface area contributed by atoms with Gasteiger partial charge in [-0.1, -0.05) is 172 Å². The van der Waals surface area contributed by atoms with Crippen molar-refractivity contribution >= 4 is 60.4 Å². The first-order valence-electron chi connectivity index (χ1n) is 21.8. The Hall–Kier alpha value is -7.68. The summed E-state index contributed by atoms with van der Waals surface area (Å²) >= 11 is 0. The van der Waals surface area contributed by atoms with Crippen molar-refractivity contribution in [2.45, 2.75) is 25.7 Å². The van der Waals surface area contributed by atoms with Gasteiger partial charge in [-0.3, -0.25) is 0 Å². The lowest BCUT2D eigenvalue weighted by molar-refractivity contribution is 0.564. The molecule has 0 aliphatic heterocycles. The van der Waals surface area contributed by atoms with Gasteiger partial charge in [0.05, 0.1) is 11.0 Å². The van der Waals surface area contributed by atoms with Gasteiger partial charge in [-0.25, -0.2) is 0 Å². The van der Waals surface area contributed by atoms with Gasteiger partial charge < -0.3 is 9.47 Å². The molecule has 2 nitrogen and oxygen atoms in total. The van der Waals surface area contributed by atoms with Crippen LogP contribution in [0.15, 0.2) is 218 Å². The molecular weight excluding hydrogens is 749 g/mol. The number of fused-ring (bicyclic) bond motifs is 8. The molecule has 1 aliphatic carbocycles. The lowest BCUT2D eigenvalue weighted by atomic mass is 9.77. The Balaban J connectivity index is 1.03. The molecule has 2 heteroatoms. The van der Waals surface area contributed by atoms with Gasteiger partial charge in [0.2, 0.25) is 0 Å². The average molecular weight is 793 g/mol. The SMILES string of the molecule is CCC1(C)c2cc(N(c3cccc(-c4cccc5ccccc45)c3)c3cccc(-c4cccc5ccccc45)c3)ccc2-c2ccc(-n3c4ccccc4c4ccccc43)cc21. The van der Waals surface area contributed by atoms with Gasteiger partial charge in [-0.05, 0) is 133 Å². The molecule has 1 unspecified atom stereocenters. The molecule has 1 aliphatic rings. The molecule has 0 fully saturated rings. The van der Waals surface area contributed by atoms with Crippen LogP contribution in [0.5, 0.6) is 0 Å². The van der Waals surface area contributed by atoms with Gasteiger partial charge in [-0.15, -0.1) is 0 Å². The van der Waals surface area contributed by atoms with Crippen molar-refractivity contribution in [3.05, 3.63) is 230 Å². The Bertz CT molecular complexity index is 3370. The molecule has 1 aromatic heterocycles. The number of benzene rings is 10. The van der Waals surface area contributed by atoms with Crippen molar-refractivity contribution in [3.8, 4) is 39.1 Å². The lowest BCUT2D eigenvalue weighted by Crippen LogP contribution is -2.20. The van der Waals surface area contributed by atoms with Gasteiger partial charge in [0.1, 0.15) is 0 Å². The maximum Gasteiger partial charge on any atom is 0.0541 e. The maximum absolute atomic E-state index is 2.48. The van der Waals surface area contributed by atoms with E-state index in [2.05, 4.69) is 242 Å². The highest BCUT2D eigenvalue weighted by atomic mass is 15.1. The molecule has 0 spiro atoms. The van der Waals surface area contributed by atoms with Crippen LogP contribution in [0.4, 0.5) is 17.1 Å². The summed E-state index contributed by atoms with van der Waals surface area (Å²) in [5.41, 5.74) is 17.1. The number of anilines is 3. The minimum atomic E-state index is -0.198. The standard InChI is InChI=1S/C60H44N2/c1-3-60(2)56-38-46(32-34-52(56)53-35-33-47(39-57(53)60)62-58-30-10-8-26-54(58)55-27-9-11-31-59(55)62)61(44-22-12-20-42(36-44)50-28-14-18-40-16-4-6-24-48(40)50)45-23-13-21-43(37-45)51-29-15-19-41-17-5-7-25-49(41)51/h4-39H,3H2,1-2H3. The Morgan fingerprint density at radius 1 is 0.387 bits per heavy atom. The summed E-state index contributed by atoms with van der Waals surface area (Å²) in [6.45, 7) is 4.79. The Morgan fingerprint density at radius 2 is 0.839 bits per heavy atom. The van der Waals surface area contributed by atoms with E-state index in [1.54, 1.807) is 0 Å². The fourth-order valence-electron chi connectivity index (χ4n) is 10.5. The number of hydrogen-bond acceptors (Lipinski definition) is 1. The highest BCUT2D eigenvalue weighted by molar-refractivity contribution is 6.09. The Labute approximate surface area is 362 Å². The first-order valence-corrected chi connectivity index (χ1v) is 21.8. The maximum atomic E-state index is 2.48. The predicted octanol–water partition coefficient (Wildman–Crippen LogP) is 16.6. The van der Waals surface area contributed by atoms with Gasteiger partial charge in [0, 0.05) is 38.9 Å². The molecule has 0 saturated heterocycles. The van der Waals surface area contributed by atoms with E-state index >= 15 is 0 Å². The topological polar surface area (TPSA) is 8.17 Å². The fraction of sp³-hybridized carbons (Fsp3) is 0.0667. The first-order chi connectivity index (χ1) is 30.6. The second-order valence-electron chi connectivity index (χ2n) is 17.0. The molecule has 1 heterocycles. The highest BCUT2D eigenvalue weighted by Gasteiger charge is 2.39. The molecule has 1 atom stereocenters. The van der Waals surface area contributed by atoms with Crippen LogP contribution < -0.4 is 4.90 Å². The Morgan fingerprint density at radius 3 is 1.40 bits per heavy atom. The summed E-state index contributed by atoms with van der Waals surface area (Å²) in [5.74, 6) is 0. The number of rotatable bonds is 7. The number of para-hydroxylation sites is 2. The molecule has 0 radical (unpaired) electrons. The van der Waals surface area contributed by atoms with Crippen molar-refractivity contribution in [3.63, 3.8) is 0 Å². The van der Waals surface area contributed by atoms with Crippen LogP contribution in [-0.4, -0.2) is 4.57 Å². The van der Waals surface area contributed by atoms with Crippen LogP contribution >= 0.6 is 0 Å². The minimum Gasteiger partial charge on any atom is -0.310 e. The summed E-state index contributed by atoms with van der Waals surface area (Å²) in [4.78, 5) is 2.46. The minimum absolute atomic E-state index is 0.198. The van der Waals surface area contributed by atoms with Crippen LogP contribution in [0.1, 0.15) is 31.4 Å². The van der Waals surface area contributed by atoms with Crippen LogP contribution in [0.2, 0.25) is 0 Å². The van der Waals surface area contributed by atoms with Gasteiger partial charge >= 0.3 is 0 Å². The third-order valence-electron chi connectivity index (χ3n) is 13.7. The fourth-order valence-corrected chi connectivity index (χ4v) is 10.5. The van der Waals surface area contributed by atoms with E-state index < -0.39 is 0 Å². The zero-order valence-corrected chi connectivity index (χ0v) is 34.9. The van der Waals surface area contributed by atoms with E-state index in [0.29, 0.717) is 0 Å². The Kier molecular flexibility index (Phi) is 8.30. The van der Waals surface area contributed by atoms with Gasteiger partial charge in [-0.2, -0.15) is 0 Å². The summed E-state index contributed by atoms with van der Waals surface area (Å²) in [6, 6.07) is 80.8. The summed E-state index contributed by atoms with van der Waals surface area (Å²) in [5, 5.41) is 7.56.